The van der Waals surface area contributed by atoms with E-state index in [1.165, 1.54) is 96.1 Å². The van der Waals surface area contributed by atoms with Crippen molar-refractivity contribution in [3.63, 3.8) is 0 Å². The molecule has 0 aliphatic carbocycles. The molecule has 0 saturated heterocycles. The van der Waals surface area contributed by atoms with Crippen molar-refractivity contribution < 1.29 is 14.0 Å². The van der Waals surface area contributed by atoms with Gasteiger partial charge in [-0.1, -0.05) is 53.4 Å². The third kappa shape index (κ3) is 14.4. The van der Waals surface area contributed by atoms with Crippen molar-refractivity contribution in [2.45, 2.75) is 86.0 Å². The molecule has 0 aliphatic heterocycles. The Balaban J connectivity index is 0. The molecule has 0 amide bonds. The number of methoxy groups -OCH3 is 1. The Kier molecular flexibility index (Phi) is 18.1. The lowest BCUT2D eigenvalue weighted by atomic mass is 10.1. The molecule has 0 bridgehead atoms. The van der Waals surface area contributed by atoms with Gasteiger partial charge in [0.1, 0.15) is 0 Å². The molecule has 0 heterocycles. The van der Waals surface area contributed by atoms with Gasteiger partial charge >= 0.3 is 5.97 Å². The van der Waals surface area contributed by atoms with Crippen molar-refractivity contribution in [3.8, 4) is 0 Å². The highest BCUT2D eigenvalue weighted by molar-refractivity contribution is 5.65. The standard InChI is InChI=1S/C16H36N.C3H6O2/c1-5-9-13-17(14-10-6-2,15-11-7-3)16-12-8-4;1-3(4)5-2/h5-16H2,1-4H3;1-2H3/q+1;. The van der Waals surface area contributed by atoms with Gasteiger partial charge in [-0.2, -0.15) is 0 Å². The number of nitrogens with zero attached hydrogens (tertiary/aromatic N) is 1. The second-order valence-corrected chi connectivity index (χ2v) is 6.35. The van der Waals surface area contributed by atoms with Crippen LogP contribution in [0.4, 0.5) is 0 Å². The summed E-state index contributed by atoms with van der Waals surface area (Å²) >= 11 is 0. The smallest absolute Gasteiger partial charge is 0.302 e. The van der Waals surface area contributed by atoms with Crippen LogP contribution in [0, 0.1) is 0 Å². The number of hydrogen-bond donors (Lipinski definition) is 0. The monoisotopic (exact) mass is 316 g/mol. The lowest BCUT2D eigenvalue weighted by Crippen LogP contribution is -2.50. The van der Waals surface area contributed by atoms with Crippen molar-refractivity contribution in [2.75, 3.05) is 33.3 Å². The summed E-state index contributed by atoms with van der Waals surface area (Å²) < 4.78 is 5.53. The highest BCUT2D eigenvalue weighted by Gasteiger charge is 2.24. The molecule has 0 aromatic heterocycles. The maximum absolute atomic E-state index is 9.59. The first-order valence-corrected chi connectivity index (χ1v) is 9.41. The molecular formula is C19H42NO2+. The van der Waals surface area contributed by atoms with Crippen LogP contribution >= 0.6 is 0 Å². The van der Waals surface area contributed by atoms with Crippen LogP contribution in [0.1, 0.15) is 86.0 Å². The van der Waals surface area contributed by atoms with Gasteiger partial charge in [0.2, 0.25) is 0 Å². The van der Waals surface area contributed by atoms with Crippen LogP contribution in [0.5, 0.6) is 0 Å². The molecule has 0 spiro atoms. The minimum absolute atomic E-state index is 0.245. The molecule has 134 valence electrons. The highest BCUT2D eigenvalue weighted by atomic mass is 16.5. The van der Waals surface area contributed by atoms with Gasteiger partial charge < -0.3 is 9.22 Å². The Morgan fingerprint density at radius 3 is 1.09 bits per heavy atom. The summed E-state index contributed by atoms with van der Waals surface area (Å²) in [5.74, 6) is -0.245. The lowest BCUT2D eigenvalue weighted by Gasteiger charge is -2.39. The van der Waals surface area contributed by atoms with E-state index < -0.39 is 0 Å². The van der Waals surface area contributed by atoms with E-state index in [-0.39, 0.29) is 5.97 Å². The fourth-order valence-electron chi connectivity index (χ4n) is 2.64. The van der Waals surface area contributed by atoms with Gasteiger partial charge in [-0.25, -0.2) is 0 Å². The Morgan fingerprint density at radius 2 is 0.955 bits per heavy atom. The van der Waals surface area contributed by atoms with Crippen LogP contribution < -0.4 is 0 Å². The van der Waals surface area contributed by atoms with E-state index in [4.69, 9.17) is 0 Å². The molecule has 0 rings (SSSR count). The fraction of sp³-hybridized carbons (Fsp3) is 0.947. The van der Waals surface area contributed by atoms with E-state index in [1.54, 1.807) is 0 Å². The summed E-state index contributed by atoms with van der Waals surface area (Å²) in [4.78, 5) is 9.59. The number of carbonyl (C=O) groups excluding carboxylic acids is 1. The first-order valence-electron chi connectivity index (χ1n) is 9.41. The lowest BCUT2D eigenvalue weighted by molar-refractivity contribution is -0.929. The maximum Gasteiger partial charge on any atom is 0.302 e. The minimum Gasteiger partial charge on any atom is -0.469 e. The quantitative estimate of drug-likeness (QED) is 0.366. The first-order chi connectivity index (χ1) is 10.5. The molecule has 22 heavy (non-hydrogen) atoms. The van der Waals surface area contributed by atoms with Crippen molar-refractivity contribution in [3.05, 3.63) is 0 Å². The average Bonchev–Trinajstić information content (AvgIpc) is 2.54. The molecule has 0 unspecified atom stereocenters. The Bertz CT molecular complexity index is 204. The van der Waals surface area contributed by atoms with E-state index in [0.29, 0.717) is 0 Å². The van der Waals surface area contributed by atoms with Crippen molar-refractivity contribution in [2.24, 2.45) is 0 Å². The molecule has 0 aromatic rings. The maximum atomic E-state index is 9.59. The van der Waals surface area contributed by atoms with Crippen LogP contribution in [0.3, 0.4) is 0 Å². The van der Waals surface area contributed by atoms with E-state index >= 15 is 0 Å². The molecule has 0 aliphatic rings. The van der Waals surface area contributed by atoms with Gasteiger partial charge in [-0.05, 0) is 25.7 Å². The number of hydrogen-bond acceptors (Lipinski definition) is 2. The van der Waals surface area contributed by atoms with E-state index in [0.717, 1.165) is 0 Å². The normalized spacial score (nSPS) is 10.8. The van der Waals surface area contributed by atoms with Gasteiger partial charge in [0.15, 0.2) is 0 Å². The first kappa shape index (κ1) is 23.7. The summed E-state index contributed by atoms with van der Waals surface area (Å²) in [7, 11) is 1.35. The van der Waals surface area contributed by atoms with Crippen LogP contribution in [0.25, 0.3) is 0 Å². The third-order valence-corrected chi connectivity index (χ3v) is 4.23. The summed E-state index contributed by atoms with van der Waals surface area (Å²) in [6.45, 7) is 16.4. The Labute approximate surface area is 140 Å². The summed E-state index contributed by atoms with van der Waals surface area (Å²) in [5.41, 5.74) is 0. The zero-order chi connectivity index (χ0) is 17.3. The number of carbonyl (C=O) groups is 1. The zero-order valence-corrected chi connectivity index (χ0v) is 16.2. The summed E-state index contributed by atoms with van der Waals surface area (Å²) in [6, 6.07) is 0. The number of ether oxygens (including phenoxy) is 1. The van der Waals surface area contributed by atoms with Gasteiger partial charge in [0, 0.05) is 6.92 Å². The Morgan fingerprint density at radius 1 is 0.727 bits per heavy atom. The van der Waals surface area contributed by atoms with Crippen molar-refractivity contribution in [1.82, 2.24) is 0 Å². The Hall–Kier alpha value is -0.570. The predicted molar refractivity (Wildman–Crippen MR) is 97.1 cm³/mol. The molecule has 0 fully saturated rings. The molecule has 3 heteroatoms. The van der Waals surface area contributed by atoms with E-state index in [1.807, 2.05) is 0 Å². The number of esters is 1. The van der Waals surface area contributed by atoms with Crippen LogP contribution in [0.15, 0.2) is 0 Å². The second-order valence-electron chi connectivity index (χ2n) is 6.35. The fourth-order valence-corrected chi connectivity index (χ4v) is 2.64. The largest absolute Gasteiger partial charge is 0.469 e. The summed E-state index contributed by atoms with van der Waals surface area (Å²) in [6.07, 6.45) is 11.1. The molecule has 0 aromatic carbocycles. The van der Waals surface area contributed by atoms with Crippen LogP contribution in [-0.2, 0) is 9.53 Å². The second kappa shape index (κ2) is 16.8. The predicted octanol–water partition coefficient (Wildman–Crippen LogP) is 5.18. The van der Waals surface area contributed by atoms with Crippen LogP contribution in [-0.4, -0.2) is 43.7 Å². The molecule has 0 saturated carbocycles. The van der Waals surface area contributed by atoms with Crippen molar-refractivity contribution in [1.29, 1.82) is 0 Å². The number of quaternary nitrogens is 1. The van der Waals surface area contributed by atoms with Gasteiger partial charge in [-0.3, -0.25) is 4.79 Å². The minimum atomic E-state index is -0.245. The van der Waals surface area contributed by atoms with E-state index in [2.05, 4.69) is 32.4 Å². The number of unbranched alkanes of at least 4 members (excludes halogenated alkanes) is 4. The summed E-state index contributed by atoms with van der Waals surface area (Å²) in [5, 5.41) is 0. The average molecular weight is 317 g/mol. The molecule has 0 N–H and O–H groups in total. The van der Waals surface area contributed by atoms with Gasteiger partial charge in [0.05, 0.1) is 33.3 Å². The topological polar surface area (TPSA) is 26.3 Å². The zero-order valence-electron chi connectivity index (χ0n) is 16.2. The molecule has 0 atom stereocenters. The third-order valence-electron chi connectivity index (χ3n) is 4.23. The highest BCUT2D eigenvalue weighted by Crippen LogP contribution is 2.16. The SMILES string of the molecule is CCCC[N+](CCCC)(CCCC)CCCC.COC(C)=O. The van der Waals surface area contributed by atoms with Gasteiger partial charge in [0.25, 0.3) is 0 Å². The molecule has 3 nitrogen and oxygen atoms in total. The van der Waals surface area contributed by atoms with Gasteiger partial charge in [-0.15, -0.1) is 0 Å². The molecule has 0 radical (unpaired) electrons. The number of rotatable bonds is 12. The van der Waals surface area contributed by atoms with Crippen LogP contribution in [0.2, 0.25) is 0 Å². The molecular weight excluding hydrogens is 274 g/mol. The van der Waals surface area contributed by atoms with E-state index in [9.17, 15) is 4.79 Å². The van der Waals surface area contributed by atoms with Crippen molar-refractivity contribution >= 4 is 5.97 Å².